The minimum atomic E-state index is -0.242. The van der Waals surface area contributed by atoms with Gasteiger partial charge in [-0.1, -0.05) is 0 Å². The van der Waals surface area contributed by atoms with E-state index in [-0.39, 0.29) is 18.7 Å². The standard InChI is InChI=1S/C15H21N3O2S/c1-10-7-11-8-12(3-4-14(11)16-10)17-15(20)18-13(5-6-19)9-21-2/h3-4,7-8,13,16,19H,5-6,9H2,1-2H3,(H2,17,18,20). The fourth-order valence-corrected chi connectivity index (χ4v) is 2.91. The fourth-order valence-electron chi connectivity index (χ4n) is 2.26. The quantitative estimate of drug-likeness (QED) is 0.663. The normalized spacial score (nSPS) is 12.3. The summed E-state index contributed by atoms with van der Waals surface area (Å²) in [7, 11) is 0. The van der Waals surface area contributed by atoms with Crippen LogP contribution in [0.25, 0.3) is 10.9 Å². The van der Waals surface area contributed by atoms with Crippen LogP contribution in [0.15, 0.2) is 24.3 Å². The van der Waals surface area contributed by atoms with Gasteiger partial charge in [0.2, 0.25) is 0 Å². The van der Waals surface area contributed by atoms with E-state index in [1.165, 1.54) is 0 Å². The molecule has 4 N–H and O–H groups in total. The third-order valence-corrected chi connectivity index (χ3v) is 3.93. The number of aromatic nitrogens is 1. The molecule has 2 rings (SSSR count). The Morgan fingerprint density at radius 2 is 2.24 bits per heavy atom. The molecule has 5 nitrogen and oxygen atoms in total. The number of hydrogen-bond donors (Lipinski definition) is 4. The van der Waals surface area contributed by atoms with Crippen molar-refractivity contribution in [2.75, 3.05) is 23.9 Å². The molecule has 0 bridgehead atoms. The maximum Gasteiger partial charge on any atom is 0.319 e. The third-order valence-electron chi connectivity index (χ3n) is 3.19. The molecule has 6 heteroatoms. The Bertz CT molecular complexity index is 606. The number of aliphatic hydroxyl groups excluding tert-OH is 1. The lowest BCUT2D eigenvalue weighted by Crippen LogP contribution is -2.40. The predicted molar refractivity (Wildman–Crippen MR) is 89.1 cm³/mol. The van der Waals surface area contributed by atoms with Gasteiger partial charge in [0.1, 0.15) is 0 Å². The number of rotatable bonds is 6. The van der Waals surface area contributed by atoms with Gasteiger partial charge in [-0.25, -0.2) is 4.79 Å². The molecule has 114 valence electrons. The molecular weight excluding hydrogens is 286 g/mol. The highest BCUT2D eigenvalue weighted by Gasteiger charge is 2.11. The number of anilines is 1. The van der Waals surface area contributed by atoms with Crippen LogP contribution in [0.2, 0.25) is 0 Å². The zero-order valence-corrected chi connectivity index (χ0v) is 13.1. The van der Waals surface area contributed by atoms with Gasteiger partial charge >= 0.3 is 6.03 Å². The second-order valence-corrected chi connectivity index (χ2v) is 5.93. The molecule has 0 fully saturated rings. The Kier molecular flexibility index (Phi) is 5.52. The number of aromatic amines is 1. The first-order chi connectivity index (χ1) is 10.1. The summed E-state index contributed by atoms with van der Waals surface area (Å²) in [6.45, 7) is 2.07. The second kappa shape index (κ2) is 7.38. The lowest BCUT2D eigenvalue weighted by Gasteiger charge is -2.17. The number of hydrogen-bond acceptors (Lipinski definition) is 3. The lowest BCUT2D eigenvalue weighted by atomic mass is 10.2. The summed E-state index contributed by atoms with van der Waals surface area (Å²) in [4.78, 5) is 15.2. The van der Waals surface area contributed by atoms with Crippen molar-refractivity contribution >= 4 is 34.4 Å². The van der Waals surface area contributed by atoms with Crippen molar-refractivity contribution in [2.45, 2.75) is 19.4 Å². The first kappa shape index (κ1) is 15.7. The van der Waals surface area contributed by atoms with E-state index < -0.39 is 0 Å². The monoisotopic (exact) mass is 307 g/mol. The number of fused-ring (bicyclic) bond motifs is 1. The minimum absolute atomic E-state index is 0.0248. The van der Waals surface area contributed by atoms with Gasteiger partial charge in [0.25, 0.3) is 0 Å². The van der Waals surface area contributed by atoms with E-state index in [9.17, 15) is 4.79 Å². The van der Waals surface area contributed by atoms with E-state index in [1.807, 2.05) is 37.4 Å². The zero-order chi connectivity index (χ0) is 15.2. The van der Waals surface area contributed by atoms with Gasteiger partial charge in [-0.2, -0.15) is 11.8 Å². The van der Waals surface area contributed by atoms with Crippen LogP contribution >= 0.6 is 11.8 Å². The van der Waals surface area contributed by atoms with Gasteiger partial charge in [-0.15, -0.1) is 0 Å². The van der Waals surface area contributed by atoms with E-state index in [1.54, 1.807) is 11.8 Å². The summed E-state index contributed by atoms with van der Waals surface area (Å²) < 4.78 is 0. The van der Waals surface area contributed by atoms with Gasteiger partial charge in [0.15, 0.2) is 0 Å². The Balaban J connectivity index is 1.99. The number of aryl methyl sites for hydroxylation is 1. The largest absolute Gasteiger partial charge is 0.396 e. The number of amides is 2. The maximum atomic E-state index is 12.0. The Morgan fingerprint density at radius 3 is 2.95 bits per heavy atom. The van der Waals surface area contributed by atoms with Gasteiger partial charge in [0, 0.05) is 40.7 Å². The van der Waals surface area contributed by atoms with Crippen molar-refractivity contribution < 1.29 is 9.90 Å². The van der Waals surface area contributed by atoms with Crippen LogP contribution in [-0.4, -0.2) is 40.8 Å². The second-order valence-electron chi connectivity index (χ2n) is 5.02. The molecule has 0 aliphatic rings. The summed E-state index contributed by atoms with van der Waals surface area (Å²) in [6, 6.07) is 7.53. The molecule has 0 aliphatic heterocycles. The number of carbonyl (C=O) groups is 1. The van der Waals surface area contributed by atoms with Crippen molar-refractivity contribution in [3.8, 4) is 0 Å². The van der Waals surface area contributed by atoms with Crippen molar-refractivity contribution in [1.29, 1.82) is 0 Å². The highest BCUT2D eigenvalue weighted by Crippen LogP contribution is 2.19. The molecule has 0 spiro atoms. The van der Waals surface area contributed by atoms with Crippen LogP contribution < -0.4 is 10.6 Å². The molecule has 1 aromatic heterocycles. The average molecular weight is 307 g/mol. The molecule has 1 unspecified atom stereocenters. The Labute approximate surface area is 128 Å². The van der Waals surface area contributed by atoms with E-state index in [4.69, 9.17) is 5.11 Å². The minimum Gasteiger partial charge on any atom is -0.396 e. The van der Waals surface area contributed by atoms with Crippen molar-refractivity contribution in [3.63, 3.8) is 0 Å². The number of H-pyrrole nitrogens is 1. The summed E-state index contributed by atoms with van der Waals surface area (Å²) in [6.07, 6.45) is 2.54. The lowest BCUT2D eigenvalue weighted by molar-refractivity contribution is 0.241. The van der Waals surface area contributed by atoms with E-state index in [0.29, 0.717) is 6.42 Å². The highest BCUT2D eigenvalue weighted by atomic mass is 32.2. The van der Waals surface area contributed by atoms with Crippen molar-refractivity contribution in [1.82, 2.24) is 10.3 Å². The van der Waals surface area contributed by atoms with Crippen LogP contribution in [0.4, 0.5) is 10.5 Å². The third kappa shape index (κ3) is 4.41. The molecule has 0 saturated heterocycles. The molecular formula is C15H21N3O2S. The topological polar surface area (TPSA) is 77.2 Å². The van der Waals surface area contributed by atoms with Gasteiger partial charge in [0.05, 0.1) is 0 Å². The smallest absolute Gasteiger partial charge is 0.319 e. The summed E-state index contributed by atoms with van der Waals surface area (Å²) in [5.74, 6) is 0.782. The van der Waals surface area contributed by atoms with E-state index in [2.05, 4.69) is 15.6 Å². The van der Waals surface area contributed by atoms with Gasteiger partial charge in [-0.05, 0) is 43.9 Å². The van der Waals surface area contributed by atoms with Crippen molar-refractivity contribution in [3.05, 3.63) is 30.0 Å². The molecule has 2 aromatic rings. The van der Waals surface area contributed by atoms with Crippen LogP contribution in [-0.2, 0) is 0 Å². The first-order valence-electron chi connectivity index (χ1n) is 6.89. The Morgan fingerprint density at radius 1 is 1.43 bits per heavy atom. The van der Waals surface area contributed by atoms with E-state index >= 15 is 0 Å². The van der Waals surface area contributed by atoms with E-state index in [0.717, 1.165) is 28.0 Å². The highest BCUT2D eigenvalue weighted by molar-refractivity contribution is 7.98. The number of nitrogens with one attached hydrogen (secondary N) is 3. The average Bonchev–Trinajstić information content (AvgIpc) is 2.78. The molecule has 2 amide bonds. The fraction of sp³-hybridized carbons (Fsp3) is 0.400. The maximum absolute atomic E-state index is 12.0. The van der Waals surface area contributed by atoms with Crippen LogP contribution in [0, 0.1) is 6.92 Å². The molecule has 1 heterocycles. The molecule has 0 aliphatic carbocycles. The number of urea groups is 1. The van der Waals surface area contributed by atoms with Crippen LogP contribution in [0.3, 0.4) is 0 Å². The number of thioether (sulfide) groups is 1. The van der Waals surface area contributed by atoms with Crippen molar-refractivity contribution in [2.24, 2.45) is 0 Å². The Hall–Kier alpha value is -1.66. The van der Waals surface area contributed by atoms with Gasteiger partial charge < -0.3 is 20.7 Å². The number of aliphatic hydroxyl groups is 1. The predicted octanol–water partition coefficient (Wildman–Crippen LogP) is 2.71. The number of carbonyl (C=O) groups excluding carboxylic acids is 1. The van der Waals surface area contributed by atoms with Crippen LogP contribution in [0.5, 0.6) is 0 Å². The SMILES string of the molecule is CSCC(CCO)NC(=O)Nc1ccc2[nH]c(C)cc2c1. The summed E-state index contributed by atoms with van der Waals surface area (Å²) >= 11 is 1.64. The summed E-state index contributed by atoms with van der Waals surface area (Å²) in [5, 5.41) is 15.8. The first-order valence-corrected chi connectivity index (χ1v) is 8.28. The molecule has 1 aromatic carbocycles. The van der Waals surface area contributed by atoms with Crippen LogP contribution in [0.1, 0.15) is 12.1 Å². The molecule has 0 saturated carbocycles. The molecule has 1 atom stereocenters. The summed E-state index contributed by atoms with van der Waals surface area (Å²) in [5.41, 5.74) is 2.90. The number of benzene rings is 1. The zero-order valence-electron chi connectivity index (χ0n) is 12.3. The molecule has 0 radical (unpaired) electrons. The van der Waals surface area contributed by atoms with Gasteiger partial charge in [-0.3, -0.25) is 0 Å². The molecule has 21 heavy (non-hydrogen) atoms.